The molecule has 0 aliphatic heterocycles. The van der Waals surface area contributed by atoms with E-state index in [9.17, 15) is 17.6 Å². The van der Waals surface area contributed by atoms with Crippen molar-refractivity contribution in [1.82, 2.24) is 15.6 Å². The highest BCUT2D eigenvalue weighted by molar-refractivity contribution is 7.11. The van der Waals surface area contributed by atoms with E-state index in [0.717, 1.165) is 22.8 Å². The summed E-state index contributed by atoms with van der Waals surface area (Å²) in [5, 5.41) is 6.84. The third kappa shape index (κ3) is 5.42. The Morgan fingerprint density at radius 2 is 1.96 bits per heavy atom. The fourth-order valence-corrected chi connectivity index (χ4v) is 3.23. The smallest absolute Gasteiger partial charge is 0.356 e. The zero-order valence-electron chi connectivity index (χ0n) is 14.7. The Labute approximate surface area is 153 Å². The molecular weight excluding hydrogens is 368 g/mol. The van der Waals surface area contributed by atoms with Crippen molar-refractivity contribution in [3.05, 3.63) is 50.7 Å². The first-order chi connectivity index (χ1) is 12.2. The first-order valence-corrected chi connectivity index (χ1v) is 8.75. The van der Waals surface area contributed by atoms with Crippen LogP contribution in [0.4, 0.5) is 17.6 Å². The van der Waals surface area contributed by atoms with Gasteiger partial charge in [-0.2, -0.15) is 13.2 Å². The van der Waals surface area contributed by atoms with Gasteiger partial charge in [0.1, 0.15) is 5.82 Å². The number of nitrogens with zero attached hydrogens (tertiary/aromatic N) is 2. The number of alkyl halides is 3. The fourth-order valence-electron chi connectivity index (χ4n) is 2.30. The Hall–Kier alpha value is -2.16. The molecule has 0 saturated carbocycles. The number of aromatic nitrogens is 1. The molecule has 142 valence electrons. The molecule has 2 rings (SSSR count). The molecule has 0 fully saturated rings. The van der Waals surface area contributed by atoms with Crippen LogP contribution in [0.1, 0.15) is 26.7 Å². The summed E-state index contributed by atoms with van der Waals surface area (Å²) < 4.78 is 52.2. The normalized spacial score (nSPS) is 12.3. The van der Waals surface area contributed by atoms with Crippen LogP contribution in [0, 0.1) is 19.7 Å². The van der Waals surface area contributed by atoms with Crippen molar-refractivity contribution in [2.75, 3.05) is 13.6 Å². The minimum atomic E-state index is -4.61. The van der Waals surface area contributed by atoms with Gasteiger partial charge in [0.05, 0.1) is 16.3 Å². The van der Waals surface area contributed by atoms with Crippen LogP contribution < -0.4 is 10.6 Å². The van der Waals surface area contributed by atoms with Gasteiger partial charge in [0.25, 0.3) is 0 Å². The lowest BCUT2D eigenvalue weighted by atomic mass is 10.1. The van der Waals surface area contributed by atoms with Gasteiger partial charge >= 0.3 is 6.18 Å². The molecule has 0 aliphatic carbocycles. The number of hydrogen-bond acceptors (Lipinski definition) is 3. The zero-order chi connectivity index (χ0) is 19.3. The van der Waals surface area contributed by atoms with Crippen LogP contribution in [-0.2, 0) is 19.1 Å². The molecule has 0 saturated heterocycles. The van der Waals surface area contributed by atoms with Gasteiger partial charge in [-0.05, 0) is 31.5 Å². The van der Waals surface area contributed by atoms with Crippen molar-refractivity contribution in [1.29, 1.82) is 0 Å². The van der Waals surface area contributed by atoms with Crippen molar-refractivity contribution in [3.63, 3.8) is 0 Å². The minimum absolute atomic E-state index is 0.0481. The number of aryl methyl sites for hydroxylation is 2. The molecule has 0 aliphatic rings. The molecule has 4 nitrogen and oxygen atoms in total. The predicted octanol–water partition coefficient (Wildman–Crippen LogP) is 3.83. The third-order valence-corrected chi connectivity index (χ3v) is 4.88. The van der Waals surface area contributed by atoms with E-state index in [-0.39, 0.29) is 12.1 Å². The lowest BCUT2D eigenvalue weighted by molar-refractivity contribution is -0.138. The maximum Gasteiger partial charge on any atom is 0.416 e. The first kappa shape index (κ1) is 20.2. The van der Waals surface area contributed by atoms with Crippen molar-refractivity contribution in [2.45, 2.75) is 33.0 Å². The van der Waals surface area contributed by atoms with Crippen LogP contribution in [0.25, 0.3) is 0 Å². The summed E-state index contributed by atoms with van der Waals surface area (Å²) in [5.74, 6) is -0.551. The number of hydrogen-bond donors (Lipinski definition) is 2. The van der Waals surface area contributed by atoms with Gasteiger partial charge in [-0.1, -0.05) is 6.07 Å². The van der Waals surface area contributed by atoms with Crippen LogP contribution in [0.2, 0.25) is 0 Å². The Morgan fingerprint density at radius 1 is 1.23 bits per heavy atom. The molecule has 2 N–H and O–H groups in total. The minimum Gasteiger partial charge on any atom is -0.356 e. The average Bonchev–Trinajstić information content (AvgIpc) is 2.88. The van der Waals surface area contributed by atoms with E-state index in [1.165, 1.54) is 11.9 Å². The lowest BCUT2D eigenvalue weighted by Gasteiger charge is -2.15. The highest BCUT2D eigenvalue weighted by Gasteiger charge is 2.33. The molecule has 1 aromatic heterocycles. The number of nitrogens with one attached hydrogen (secondary N) is 2. The van der Waals surface area contributed by atoms with Gasteiger partial charge in [0.2, 0.25) is 0 Å². The lowest BCUT2D eigenvalue weighted by Crippen LogP contribution is -2.38. The second kappa shape index (κ2) is 8.48. The van der Waals surface area contributed by atoms with Gasteiger partial charge in [-0.15, -0.1) is 11.3 Å². The average molecular weight is 388 g/mol. The molecule has 0 radical (unpaired) electrons. The summed E-state index contributed by atoms with van der Waals surface area (Å²) in [6, 6.07) is 2.63. The highest BCUT2D eigenvalue weighted by atomic mass is 32.1. The van der Waals surface area contributed by atoms with E-state index >= 15 is 0 Å². The summed E-state index contributed by atoms with van der Waals surface area (Å²) >= 11 is 1.62. The molecule has 2 aromatic rings. The van der Waals surface area contributed by atoms with E-state index in [0.29, 0.717) is 25.0 Å². The Kier molecular flexibility index (Phi) is 6.57. The van der Waals surface area contributed by atoms with Crippen LogP contribution in [-0.4, -0.2) is 24.5 Å². The monoisotopic (exact) mass is 388 g/mol. The van der Waals surface area contributed by atoms with Gasteiger partial charge in [0.15, 0.2) is 5.96 Å². The molecule has 0 amide bonds. The summed E-state index contributed by atoms with van der Waals surface area (Å²) in [5.41, 5.74) is -0.0364. The van der Waals surface area contributed by atoms with E-state index in [2.05, 4.69) is 20.6 Å². The summed E-state index contributed by atoms with van der Waals surface area (Å²) in [7, 11) is 1.53. The molecule has 0 unspecified atom stereocenters. The standard InChI is InChI=1S/C17H20F4N4S/c1-10-11(2)26-15(25-10)6-7-23-16(22-3)24-9-12-4-5-13(18)8-14(12)17(19,20)21/h4-5,8H,6-7,9H2,1-3H3,(H2,22,23,24). The molecule has 0 spiro atoms. The van der Waals surface area contributed by atoms with E-state index in [4.69, 9.17) is 0 Å². The second-order valence-corrected chi connectivity index (χ2v) is 6.94. The Bertz CT molecular complexity index is 764. The molecule has 0 bridgehead atoms. The van der Waals surface area contributed by atoms with Crippen LogP contribution in [0.15, 0.2) is 23.2 Å². The highest BCUT2D eigenvalue weighted by Crippen LogP contribution is 2.32. The molecule has 0 atom stereocenters. The van der Waals surface area contributed by atoms with Gasteiger partial charge in [-0.25, -0.2) is 9.37 Å². The van der Waals surface area contributed by atoms with Crippen molar-refractivity contribution in [2.24, 2.45) is 4.99 Å². The van der Waals surface area contributed by atoms with Gasteiger partial charge in [-0.3, -0.25) is 4.99 Å². The van der Waals surface area contributed by atoms with Crippen molar-refractivity contribution >= 4 is 17.3 Å². The second-order valence-electron chi connectivity index (χ2n) is 5.65. The summed E-state index contributed by atoms with van der Waals surface area (Å²) in [4.78, 5) is 9.58. The van der Waals surface area contributed by atoms with Gasteiger partial charge < -0.3 is 10.6 Å². The topological polar surface area (TPSA) is 49.3 Å². The predicted molar refractivity (Wildman–Crippen MR) is 94.9 cm³/mol. The van der Waals surface area contributed by atoms with Crippen LogP contribution >= 0.6 is 11.3 Å². The Balaban J connectivity index is 1.93. The van der Waals surface area contributed by atoms with E-state index in [1.54, 1.807) is 11.3 Å². The van der Waals surface area contributed by atoms with Gasteiger partial charge in [0, 0.05) is 31.4 Å². The van der Waals surface area contributed by atoms with Crippen molar-refractivity contribution < 1.29 is 17.6 Å². The third-order valence-electron chi connectivity index (χ3n) is 3.75. The number of halogens is 4. The Morgan fingerprint density at radius 3 is 2.54 bits per heavy atom. The first-order valence-electron chi connectivity index (χ1n) is 7.93. The molecule has 9 heteroatoms. The zero-order valence-corrected chi connectivity index (χ0v) is 15.5. The summed E-state index contributed by atoms with van der Waals surface area (Å²) in [6.07, 6.45) is -3.93. The molecule has 26 heavy (non-hydrogen) atoms. The fraction of sp³-hybridized carbons (Fsp3) is 0.412. The van der Waals surface area contributed by atoms with Crippen LogP contribution in [0.5, 0.6) is 0 Å². The number of aliphatic imine (C=N–C) groups is 1. The van der Waals surface area contributed by atoms with E-state index in [1.807, 2.05) is 13.8 Å². The van der Waals surface area contributed by atoms with E-state index < -0.39 is 17.6 Å². The largest absolute Gasteiger partial charge is 0.416 e. The van der Waals surface area contributed by atoms with Crippen molar-refractivity contribution in [3.8, 4) is 0 Å². The summed E-state index contributed by atoms with van der Waals surface area (Å²) in [6.45, 7) is 4.38. The molecule has 1 aromatic carbocycles. The molecule has 1 heterocycles. The van der Waals surface area contributed by atoms with Crippen LogP contribution in [0.3, 0.4) is 0 Å². The maximum atomic E-state index is 13.1. The number of thiazole rings is 1. The SMILES string of the molecule is CN=C(NCCc1nc(C)c(C)s1)NCc1ccc(F)cc1C(F)(F)F. The number of rotatable bonds is 5. The number of benzene rings is 1. The quantitative estimate of drug-likeness (QED) is 0.465. The molecular formula is C17H20F4N4S. The maximum absolute atomic E-state index is 13.1. The number of guanidine groups is 1.